The van der Waals surface area contributed by atoms with Crippen LogP contribution in [-0.4, -0.2) is 33.1 Å². The number of para-hydroxylation sites is 1. The average molecular weight is 359 g/mol. The molecule has 1 aliphatic heterocycles. The number of rotatable bonds is 4. The molecule has 25 heavy (non-hydrogen) atoms. The Bertz CT molecular complexity index is 979. The van der Waals surface area contributed by atoms with Gasteiger partial charge in [0.25, 0.3) is 10.0 Å². The molecule has 2 aromatic carbocycles. The lowest BCUT2D eigenvalue weighted by Gasteiger charge is -2.21. The number of fused-ring (bicyclic) bond motifs is 2. The highest BCUT2D eigenvalue weighted by atomic mass is 32.2. The van der Waals surface area contributed by atoms with Gasteiger partial charge in [-0.3, -0.25) is 4.31 Å². The molecule has 6 nitrogen and oxygen atoms in total. The van der Waals surface area contributed by atoms with Gasteiger partial charge in [0.05, 0.1) is 18.4 Å². The maximum Gasteiger partial charge on any atom is 0.335 e. The van der Waals surface area contributed by atoms with Gasteiger partial charge in [-0.1, -0.05) is 18.2 Å². The largest absolute Gasteiger partial charge is 0.495 e. The molecule has 0 saturated heterocycles. The summed E-state index contributed by atoms with van der Waals surface area (Å²) in [6.07, 6.45) is 1.95. The van der Waals surface area contributed by atoms with E-state index in [9.17, 15) is 13.2 Å². The van der Waals surface area contributed by atoms with Crippen LogP contribution in [0, 0.1) is 0 Å². The summed E-state index contributed by atoms with van der Waals surface area (Å²) in [6.45, 7) is 0.415. The zero-order chi connectivity index (χ0) is 17.8. The maximum absolute atomic E-state index is 13.3. The zero-order valence-electron chi connectivity index (χ0n) is 13.6. The van der Waals surface area contributed by atoms with Gasteiger partial charge >= 0.3 is 5.97 Å². The molecule has 1 saturated carbocycles. The minimum atomic E-state index is -3.85. The summed E-state index contributed by atoms with van der Waals surface area (Å²) >= 11 is 0. The fourth-order valence-corrected chi connectivity index (χ4v) is 5.22. The molecule has 0 radical (unpaired) electrons. The van der Waals surface area contributed by atoms with Gasteiger partial charge in [0, 0.05) is 12.0 Å². The third kappa shape index (κ3) is 2.30. The van der Waals surface area contributed by atoms with Crippen molar-refractivity contribution < 1.29 is 23.1 Å². The molecule has 0 bridgehead atoms. The van der Waals surface area contributed by atoms with Crippen molar-refractivity contribution in [2.75, 3.05) is 18.0 Å². The smallest absolute Gasteiger partial charge is 0.335 e. The van der Waals surface area contributed by atoms with Gasteiger partial charge in [0.1, 0.15) is 10.6 Å². The number of ether oxygens (including phenoxy) is 1. The molecule has 130 valence electrons. The van der Waals surface area contributed by atoms with Crippen molar-refractivity contribution in [3.63, 3.8) is 0 Å². The first-order valence-corrected chi connectivity index (χ1v) is 9.37. The maximum atomic E-state index is 13.3. The van der Waals surface area contributed by atoms with Crippen molar-refractivity contribution in [2.24, 2.45) is 0 Å². The van der Waals surface area contributed by atoms with Gasteiger partial charge in [-0.25, -0.2) is 13.2 Å². The average Bonchev–Trinajstić information content (AvgIpc) is 3.31. The van der Waals surface area contributed by atoms with E-state index >= 15 is 0 Å². The van der Waals surface area contributed by atoms with Crippen LogP contribution in [-0.2, 0) is 15.4 Å². The Balaban J connectivity index is 1.83. The highest BCUT2D eigenvalue weighted by molar-refractivity contribution is 7.93. The summed E-state index contributed by atoms with van der Waals surface area (Å²) in [6, 6.07) is 11.4. The molecule has 2 aliphatic rings. The number of anilines is 1. The number of benzene rings is 2. The number of methoxy groups -OCH3 is 1. The summed E-state index contributed by atoms with van der Waals surface area (Å²) in [4.78, 5) is 11.1. The topological polar surface area (TPSA) is 83.9 Å². The number of nitrogens with zero attached hydrogens (tertiary/aromatic N) is 1. The Morgan fingerprint density at radius 3 is 2.56 bits per heavy atom. The van der Waals surface area contributed by atoms with Crippen LogP contribution >= 0.6 is 0 Å². The van der Waals surface area contributed by atoms with Crippen molar-refractivity contribution in [2.45, 2.75) is 23.2 Å². The van der Waals surface area contributed by atoms with Crippen molar-refractivity contribution in [1.82, 2.24) is 0 Å². The van der Waals surface area contributed by atoms with Gasteiger partial charge in [-0.05, 0) is 42.7 Å². The molecule has 0 atom stereocenters. The Kier molecular flexibility index (Phi) is 3.34. The van der Waals surface area contributed by atoms with E-state index in [1.54, 1.807) is 0 Å². The van der Waals surface area contributed by atoms with Crippen LogP contribution in [0.1, 0.15) is 28.8 Å². The second kappa shape index (κ2) is 5.23. The van der Waals surface area contributed by atoms with Gasteiger partial charge in [0.2, 0.25) is 0 Å². The van der Waals surface area contributed by atoms with E-state index < -0.39 is 16.0 Å². The monoisotopic (exact) mass is 359 g/mol. The van der Waals surface area contributed by atoms with Crippen LogP contribution in [0.3, 0.4) is 0 Å². The highest BCUT2D eigenvalue weighted by Crippen LogP contribution is 2.57. The molecule has 1 fully saturated rings. The molecular formula is C18H17NO5S. The lowest BCUT2D eigenvalue weighted by Crippen LogP contribution is -2.32. The Morgan fingerprint density at radius 1 is 1.20 bits per heavy atom. The summed E-state index contributed by atoms with van der Waals surface area (Å²) in [5.74, 6) is -1.10. The summed E-state index contributed by atoms with van der Waals surface area (Å²) in [5.41, 5.74) is 1.68. The molecule has 2 aromatic rings. The first-order chi connectivity index (χ1) is 11.9. The third-order valence-electron chi connectivity index (χ3n) is 5.02. The van der Waals surface area contributed by atoms with E-state index in [1.807, 2.05) is 24.3 Å². The van der Waals surface area contributed by atoms with Crippen molar-refractivity contribution >= 4 is 21.7 Å². The number of sulfonamides is 1. The SMILES string of the molecule is COc1cc(C(=O)O)ccc1S(=O)(=O)N1CC2(CC2)c2ccccc21. The standard InChI is InChI=1S/C18H17NO5S/c1-24-15-10-12(17(20)21)6-7-16(15)25(22,23)19-11-18(8-9-18)13-4-2-3-5-14(13)19/h2-7,10H,8-9,11H2,1H3,(H,20,21). The summed E-state index contributed by atoms with van der Waals surface area (Å²) < 4.78 is 33.1. The molecule has 1 heterocycles. The predicted octanol–water partition coefficient (Wildman–Crippen LogP) is 2.63. The Hall–Kier alpha value is -2.54. The normalized spacial score (nSPS) is 17.4. The molecule has 4 rings (SSSR count). The highest BCUT2D eigenvalue weighted by Gasteiger charge is 2.54. The third-order valence-corrected chi connectivity index (χ3v) is 6.82. The van der Waals surface area contributed by atoms with Gasteiger partial charge < -0.3 is 9.84 Å². The van der Waals surface area contributed by atoms with E-state index in [0.717, 1.165) is 18.4 Å². The van der Waals surface area contributed by atoms with Crippen molar-refractivity contribution in [1.29, 1.82) is 0 Å². The molecule has 7 heteroatoms. The first kappa shape index (κ1) is 16.0. The van der Waals surface area contributed by atoms with Crippen LogP contribution in [0.5, 0.6) is 5.75 Å². The number of carboxylic acids is 1. The van der Waals surface area contributed by atoms with E-state index in [0.29, 0.717) is 12.2 Å². The second-order valence-corrected chi connectivity index (χ2v) is 8.31. The van der Waals surface area contributed by atoms with E-state index in [4.69, 9.17) is 9.84 Å². The second-order valence-electron chi connectivity index (χ2n) is 6.48. The van der Waals surface area contributed by atoms with Crippen LogP contribution in [0.2, 0.25) is 0 Å². The van der Waals surface area contributed by atoms with Crippen LogP contribution in [0.4, 0.5) is 5.69 Å². The molecule has 1 aliphatic carbocycles. The number of hydrogen-bond acceptors (Lipinski definition) is 4. The lowest BCUT2D eigenvalue weighted by molar-refractivity contribution is 0.0696. The Morgan fingerprint density at radius 2 is 1.92 bits per heavy atom. The minimum Gasteiger partial charge on any atom is -0.495 e. The number of carboxylic acid groups (broad SMARTS) is 1. The van der Waals surface area contributed by atoms with E-state index in [2.05, 4.69) is 0 Å². The van der Waals surface area contributed by atoms with Gasteiger partial charge in [0.15, 0.2) is 0 Å². The molecule has 1 spiro atoms. The predicted molar refractivity (Wildman–Crippen MR) is 91.8 cm³/mol. The van der Waals surface area contributed by atoms with Gasteiger partial charge in [-0.15, -0.1) is 0 Å². The fourth-order valence-electron chi connectivity index (χ4n) is 3.51. The number of aromatic carboxylic acids is 1. The van der Waals surface area contributed by atoms with Crippen LogP contribution in [0.25, 0.3) is 0 Å². The van der Waals surface area contributed by atoms with Gasteiger partial charge in [-0.2, -0.15) is 0 Å². The lowest BCUT2D eigenvalue weighted by atomic mass is 9.99. The minimum absolute atomic E-state index is 0.0173. The Labute approximate surface area is 145 Å². The number of carbonyl (C=O) groups is 1. The molecule has 1 N–H and O–H groups in total. The summed E-state index contributed by atoms with van der Waals surface area (Å²) in [5, 5.41) is 9.10. The number of hydrogen-bond donors (Lipinski definition) is 1. The van der Waals surface area contributed by atoms with Crippen molar-refractivity contribution in [3.05, 3.63) is 53.6 Å². The van der Waals surface area contributed by atoms with Crippen molar-refractivity contribution in [3.8, 4) is 5.75 Å². The van der Waals surface area contributed by atoms with E-state index in [1.165, 1.54) is 29.6 Å². The molecular weight excluding hydrogens is 342 g/mol. The fraction of sp³-hybridized carbons (Fsp3) is 0.278. The van der Waals surface area contributed by atoms with Crippen LogP contribution in [0.15, 0.2) is 47.4 Å². The molecule has 0 aromatic heterocycles. The van der Waals surface area contributed by atoms with Crippen LogP contribution < -0.4 is 9.04 Å². The van der Waals surface area contributed by atoms with E-state index in [-0.39, 0.29) is 21.6 Å². The summed E-state index contributed by atoms with van der Waals surface area (Å²) in [7, 11) is -2.52. The molecule has 0 unspecified atom stereocenters. The quantitative estimate of drug-likeness (QED) is 0.907. The first-order valence-electron chi connectivity index (χ1n) is 7.93. The molecule has 0 amide bonds. The zero-order valence-corrected chi connectivity index (χ0v) is 14.4.